The van der Waals surface area contributed by atoms with Gasteiger partial charge in [0.05, 0.1) is 25.3 Å². The lowest BCUT2D eigenvalue weighted by Gasteiger charge is -2.14. The average molecular weight is 384 g/mol. The number of carbonyl (C=O) groups is 2. The van der Waals surface area contributed by atoms with Crippen molar-refractivity contribution in [1.82, 2.24) is 4.90 Å². The van der Waals surface area contributed by atoms with Gasteiger partial charge in [0.15, 0.2) is 11.5 Å². The fourth-order valence-corrected chi connectivity index (χ4v) is 3.40. The molecule has 7 heteroatoms. The third kappa shape index (κ3) is 4.43. The van der Waals surface area contributed by atoms with Gasteiger partial charge in [-0.3, -0.25) is 14.5 Å². The van der Waals surface area contributed by atoms with Gasteiger partial charge in [0.25, 0.3) is 11.1 Å². The Morgan fingerprint density at radius 1 is 1.11 bits per heavy atom. The van der Waals surface area contributed by atoms with E-state index in [0.717, 1.165) is 23.0 Å². The molecule has 140 valence electrons. The zero-order chi connectivity index (χ0) is 19.2. The lowest BCUT2D eigenvalue weighted by molar-refractivity contribution is -0.122. The molecule has 3 rings (SSSR count). The molecule has 1 heterocycles. The first kappa shape index (κ1) is 18.8. The van der Waals surface area contributed by atoms with Gasteiger partial charge in [0.2, 0.25) is 0 Å². The van der Waals surface area contributed by atoms with Crippen LogP contribution in [0.4, 0.5) is 10.5 Å². The van der Waals surface area contributed by atoms with Crippen LogP contribution in [0, 0.1) is 0 Å². The Kier molecular flexibility index (Phi) is 6.03. The predicted molar refractivity (Wildman–Crippen MR) is 107 cm³/mol. The van der Waals surface area contributed by atoms with Gasteiger partial charge >= 0.3 is 0 Å². The van der Waals surface area contributed by atoms with Crippen LogP contribution in [0.15, 0.2) is 53.4 Å². The lowest BCUT2D eigenvalue weighted by Crippen LogP contribution is -2.33. The van der Waals surface area contributed by atoms with E-state index in [2.05, 4.69) is 5.32 Å². The van der Waals surface area contributed by atoms with Crippen LogP contribution in [0.3, 0.4) is 0 Å². The molecule has 2 amide bonds. The van der Waals surface area contributed by atoms with Crippen molar-refractivity contribution in [3.63, 3.8) is 0 Å². The largest absolute Gasteiger partial charge is 0.493 e. The summed E-state index contributed by atoms with van der Waals surface area (Å²) in [6, 6.07) is 14.8. The molecule has 0 unspecified atom stereocenters. The Hall–Kier alpha value is -2.93. The van der Waals surface area contributed by atoms with Gasteiger partial charge in [-0.15, -0.1) is 0 Å². The first-order valence-corrected chi connectivity index (χ1v) is 9.29. The number of thioether (sulfide) groups is 1. The van der Waals surface area contributed by atoms with Crippen molar-refractivity contribution in [3.05, 3.63) is 59.0 Å². The number of amides is 2. The monoisotopic (exact) mass is 384 g/mol. The highest BCUT2D eigenvalue weighted by Gasteiger charge is 2.34. The minimum absolute atomic E-state index is 0.124. The van der Waals surface area contributed by atoms with Crippen molar-refractivity contribution in [3.8, 4) is 11.5 Å². The maximum absolute atomic E-state index is 12.6. The number of ether oxygens (including phenoxy) is 2. The number of benzene rings is 2. The molecule has 1 N–H and O–H groups in total. The summed E-state index contributed by atoms with van der Waals surface area (Å²) in [5.41, 5.74) is 1.61. The van der Waals surface area contributed by atoms with E-state index in [-0.39, 0.29) is 17.8 Å². The summed E-state index contributed by atoms with van der Waals surface area (Å²) in [6.07, 6.45) is 1.69. The van der Waals surface area contributed by atoms with E-state index < -0.39 is 0 Å². The van der Waals surface area contributed by atoms with Crippen LogP contribution in [-0.4, -0.2) is 36.4 Å². The molecule has 0 aromatic heterocycles. The Morgan fingerprint density at radius 2 is 1.89 bits per heavy atom. The van der Waals surface area contributed by atoms with E-state index in [1.165, 1.54) is 4.90 Å². The van der Waals surface area contributed by atoms with E-state index in [9.17, 15) is 9.59 Å². The molecule has 1 fully saturated rings. The zero-order valence-electron chi connectivity index (χ0n) is 15.1. The molecular formula is C20H20N2O4S. The molecule has 0 spiro atoms. The highest BCUT2D eigenvalue weighted by molar-refractivity contribution is 8.18. The van der Waals surface area contributed by atoms with Crippen LogP contribution in [-0.2, 0) is 4.79 Å². The number of carbonyl (C=O) groups excluding carboxylic acids is 2. The normalized spacial score (nSPS) is 15.3. The number of rotatable bonds is 7. The first-order chi connectivity index (χ1) is 13.1. The number of imide groups is 1. The topological polar surface area (TPSA) is 67.9 Å². The van der Waals surface area contributed by atoms with Crippen LogP contribution in [0.25, 0.3) is 6.08 Å². The van der Waals surface area contributed by atoms with Gasteiger partial charge in [-0.25, -0.2) is 0 Å². The van der Waals surface area contributed by atoms with Crippen LogP contribution in [0.2, 0.25) is 0 Å². The smallest absolute Gasteiger partial charge is 0.295 e. The minimum atomic E-state index is -0.318. The summed E-state index contributed by atoms with van der Waals surface area (Å²) >= 11 is 0.926. The second-order valence-electron chi connectivity index (χ2n) is 5.65. The van der Waals surface area contributed by atoms with Crippen LogP contribution < -0.4 is 14.8 Å². The number of methoxy groups -OCH3 is 1. The summed E-state index contributed by atoms with van der Waals surface area (Å²) in [6.45, 7) is 2.55. The second-order valence-corrected chi connectivity index (χ2v) is 6.65. The summed E-state index contributed by atoms with van der Waals surface area (Å²) < 4.78 is 10.8. The van der Waals surface area contributed by atoms with Gasteiger partial charge in [-0.05, 0) is 54.6 Å². The molecule has 2 aromatic carbocycles. The molecule has 1 aliphatic rings. The second kappa shape index (κ2) is 8.64. The number of para-hydroxylation sites is 1. The zero-order valence-corrected chi connectivity index (χ0v) is 15.9. The maximum Gasteiger partial charge on any atom is 0.295 e. The molecule has 0 radical (unpaired) electrons. The predicted octanol–water partition coefficient (Wildman–Crippen LogP) is 4.20. The number of hydrogen-bond acceptors (Lipinski definition) is 6. The minimum Gasteiger partial charge on any atom is -0.493 e. The molecule has 0 saturated carbocycles. The number of hydrogen-bond donors (Lipinski definition) is 1. The quantitative estimate of drug-likeness (QED) is 0.722. The molecule has 2 aromatic rings. The third-order valence-electron chi connectivity index (χ3n) is 3.87. The number of nitrogens with one attached hydrogen (secondary N) is 1. The highest BCUT2D eigenvalue weighted by Crippen LogP contribution is 2.34. The van der Waals surface area contributed by atoms with E-state index in [0.29, 0.717) is 23.0 Å². The number of anilines is 1. The van der Waals surface area contributed by atoms with Gasteiger partial charge < -0.3 is 14.8 Å². The summed E-state index contributed by atoms with van der Waals surface area (Å²) in [4.78, 5) is 26.4. The van der Waals surface area contributed by atoms with Crippen LogP contribution >= 0.6 is 11.8 Å². The Bertz CT molecular complexity index is 868. The Labute approximate surface area is 162 Å². The Morgan fingerprint density at radius 3 is 2.59 bits per heavy atom. The first-order valence-electron chi connectivity index (χ1n) is 8.47. The maximum atomic E-state index is 12.6. The fourth-order valence-electron chi connectivity index (χ4n) is 2.56. The van der Waals surface area contributed by atoms with Gasteiger partial charge in [-0.2, -0.15) is 0 Å². The van der Waals surface area contributed by atoms with Gasteiger partial charge in [0, 0.05) is 5.69 Å². The lowest BCUT2D eigenvalue weighted by atomic mass is 10.2. The third-order valence-corrected chi connectivity index (χ3v) is 4.78. The molecule has 0 atom stereocenters. The molecule has 1 aliphatic heterocycles. The van der Waals surface area contributed by atoms with Crippen molar-refractivity contribution in [2.45, 2.75) is 6.92 Å². The van der Waals surface area contributed by atoms with Crippen molar-refractivity contribution in [2.24, 2.45) is 0 Å². The van der Waals surface area contributed by atoms with E-state index in [4.69, 9.17) is 9.47 Å². The SMILES string of the molecule is CCOc1ccc(/C=C2\SC(=O)N(CNc3ccccc3)C2=O)cc1OC. The average Bonchev–Trinajstić information content (AvgIpc) is 2.95. The van der Waals surface area contributed by atoms with Crippen LogP contribution in [0.5, 0.6) is 11.5 Å². The van der Waals surface area contributed by atoms with Crippen LogP contribution in [0.1, 0.15) is 12.5 Å². The summed E-state index contributed by atoms with van der Waals surface area (Å²) in [5.74, 6) is 0.897. The van der Waals surface area contributed by atoms with Crippen molar-refractivity contribution >= 4 is 34.7 Å². The fraction of sp³-hybridized carbons (Fsp3) is 0.200. The van der Waals surface area contributed by atoms with E-state index >= 15 is 0 Å². The molecule has 0 aliphatic carbocycles. The van der Waals surface area contributed by atoms with Gasteiger partial charge in [-0.1, -0.05) is 24.3 Å². The Balaban J connectivity index is 1.74. The number of nitrogens with zero attached hydrogens (tertiary/aromatic N) is 1. The molecule has 1 saturated heterocycles. The molecule has 6 nitrogen and oxygen atoms in total. The van der Waals surface area contributed by atoms with E-state index in [1.807, 2.05) is 43.3 Å². The van der Waals surface area contributed by atoms with Crippen molar-refractivity contribution < 1.29 is 19.1 Å². The molecular weight excluding hydrogens is 364 g/mol. The summed E-state index contributed by atoms with van der Waals surface area (Å²) in [5, 5.41) is 2.78. The molecule has 27 heavy (non-hydrogen) atoms. The van der Waals surface area contributed by atoms with Gasteiger partial charge in [0.1, 0.15) is 0 Å². The summed E-state index contributed by atoms with van der Waals surface area (Å²) in [7, 11) is 1.56. The van der Waals surface area contributed by atoms with Crippen molar-refractivity contribution in [1.29, 1.82) is 0 Å². The highest BCUT2D eigenvalue weighted by atomic mass is 32.2. The van der Waals surface area contributed by atoms with E-state index in [1.54, 1.807) is 25.3 Å². The standard InChI is InChI=1S/C20H20N2O4S/c1-3-26-16-10-9-14(11-17(16)25-2)12-18-19(23)22(20(24)27-18)13-21-15-7-5-4-6-8-15/h4-12,21H,3,13H2,1-2H3/b18-12-. The van der Waals surface area contributed by atoms with Crippen molar-refractivity contribution in [2.75, 3.05) is 25.7 Å². The molecule has 0 bridgehead atoms.